The van der Waals surface area contributed by atoms with Crippen molar-refractivity contribution in [3.63, 3.8) is 0 Å². The second-order valence-corrected chi connectivity index (χ2v) is 8.88. The van der Waals surface area contributed by atoms with Crippen LogP contribution in [0.4, 0.5) is 5.69 Å². The van der Waals surface area contributed by atoms with Crippen LogP contribution >= 0.6 is 11.6 Å². The number of hydrogen-bond donors (Lipinski definition) is 1. The first kappa shape index (κ1) is 22.0. The van der Waals surface area contributed by atoms with Gasteiger partial charge in [0.1, 0.15) is 5.75 Å². The summed E-state index contributed by atoms with van der Waals surface area (Å²) in [5.74, 6) is -0.414. The molecular formula is C27H24ClN3O3. The summed E-state index contributed by atoms with van der Waals surface area (Å²) >= 11 is 6.28. The summed E-state index contributed by atoms with van der Waals surface area (Å²) in [6.07, 6.45) is 2.01. The number of nitrogens with one attached hydrogen (secondary N) is 1. The molecule has 0 aliphatic carbocycles. The van der Waals surface area contributed by atoms with Crippen molar-refractivity contribution in [1.29, 1.82) is 0 Å². The van der Waals surface area contributed by atoms with Gasteiger partial charge in [0.25, 0.3) is 5.91 Å². The molecule has 2 amide bonds. The number of carbonyl (C=O) groups excluding carboxylic acids is 2. The van der Waals surface area contributed by atoms with Crippen molar-refractivity contribution >= 4 is 40.0 Å². The maximum Gasteiger partial charge on any atom is 0.254 e. The van der Waals surface area contributed by atoms with Crippen molar-refractivity contribution < 1.29 is 14.3 Å². The van der Waals surface area contributed by atoms with E-state index in [9.17, 15) is 9.59 Å². The zero-order valence-corrected chi connectivity index (χ0v) is 19.8. The van der Waals surface area contributed by atoms with Gasteiger partial charge in [0.15, 0.2) is 0 Å². The van der Waals surface area contributed by atoms with Gasteiger partial charge in [-0.1, -0.05) is 48.0 Å². The largest absolute Gasteiger partial charge is 0.495 e. The molecule has 6 nitrogen and oxygen atoms in total. The Kier molecular flexibility index (Phi) is 5.54. The lowest BCUT2D eigenvalue weighted by Crippen LogP contribution is -2.44. The van der Waals surface area contributed by atoms with E-state index in [-0.39, 0.29) is 11.8 Å². The quantitative estimate of drug-likeness (QED) is 0.432. The van der Waals surface area contributed by atoms with Crippen molar-refractivity contribution in [3.05, 3.63) is 94.6 Å². The lowest BCUT2D eigenvalue weighted by molar-refractivity contribution is -0.119. The van der Waals surface area contributed by atoms with Gasteiger partial charge in [0.05, 0.1) is 24.1 Å². The Morgan fingerprint density at radius 2 is 1.74 bits per heavy atom. The van der Waals surface area contributed by atoms with Crippen LogP contribution in [0.5, 0.6) is 5.75 Å². The number of hydrogen-bond acceptors (Lipinski definition) is 3. The summed E-state index contributed by atoms with van der Waals surface area (Å²) in [5.41, 5.74) is 3.77. The van der Waals surface area contributed by atoms with Crippen molar-refractivity contribution in [2.45, 2.75) is 12.0 Å². The van der Waals surface area contributed by atoms with E-state index >= 15 is 0 Å². The highest BCUT2D eigenvalue weighted by Crippen LogP contribution is 2.45. The van der Waals surface area contributed by atoms with E-state index in [2.05, 4.69) is 5.32 Å². The van der Waals surface area contributed by atoms with Crippen LogP contribution in [0.1, 0.15) is 33.4 Å². The topological polar surface area (TPSA) is 63.6 Å². The summed E-state index contributed by atoms with van der Waals surface area (Å²) < 4.78 is 7.25. The van der Waals surface area contributed by atoms with Crippen molar-refractivity contribution in [2.24, 2.45) is 7.05 Å². The van der Waals surface area contributed by atoms with Gasteiger partial charge in [-0.2, -0.15) is 0 Å². The van der Waals surface area contributed by atoms with Gasteiger partial charge in [0, 0.05) is 48.0 Å². The van der Waals surface area contributed by atoms with Crippen LogP contribution in [0, 0.1) is 0 Å². The van der Waals surface area contributed by atoms with E-state index in [1.54, 1.807) is 43.3 Å². The van der Waals surface area contributed by atoms with Gasteiger partial charge in [-0.25, -0.2) is 0 Å². The molecule has 0 radical (unpaired) electrons. The molecule has 172 valence electrons. The highest BCUT2D eigenvalue weighted by Gasteiger charge is 2.43. The monoisotopic (exact) mass is 473 g/mol. The lowest BCUT2D eigenvalue weighted by Gasteiger charge is -2.39. The predicted octanol–water partition coefficient (Wildman–Crippen LogP) is 5.39. The Bertz CT molecular complexity index is 1430. The third-order valence-corrected chi connectivity index (χ3v) is 6.82. The molecule has 1 aliphatic rings. The van der Waals surface area contributed by atoms with E-state index < -0.39 is 12.0 Å². The second kappa shape index (κ2) is 8.54. The third-order valence-electron chi connectivity index (χ3n) is 6.53. The number of rotatable bonds is 4. The van der Waals surface area contributed by atoms with Gasteiger partial charge in [-0.3, -0.25) is 9.59 Å². The smallest absolute Gasteiger partial charge is 0.254 e. The number of methoxy groups -OCH3 is 1. The molecule has 2 heterocycles. The molecule has 7 heteroatoms. The summed E-state index contributed by atoms with van der Waals surface area (Å²) in [6, 6.07) is 20.0. The summed E-state index contributed by atoms with van der Waals surface area (Å²) in [6.45, 7) is 0. The summed E-state index contributed by atoms with van der Waals surface area (Å²) in [4.78, 5) is 28.9. The molecule has 0 saturated heterocycles. The maximum atomic E-state index is 13.8. The minimum absolute atomic E-state index is 0.106. The Morgan fingerprint density at radius 3 is 2.50 bits per heavy atom. The first-order valence-corrected chi connectivity index (χ1v) is 11.3. The van der Waals surface area contributed by atoms with E-state index in [4.69, 9.17) is 16.3 Å². The van der Waals surface area contributed by atoms with Crippen molar-refractivity contribution in [3.8, 4) is 5.75 Å². The highest BCUT2D eigenvalue weighted by atomic mass is 35.5. The number of anilines is 1. The van der Waals surface area contributed by atoms with Crippen LogP contribution in [0.15, 0.2) is 72.9 Å². The number of halogens is 1. The average Bonchev–Trinajstić information content (AvgIpc) is 3.17. The fraction of sp³-hybridized carbons (Fsp3) is 0.185. The SMILES string of the molecule is COc1ccc(NC(=O)[C@@H]2c3ccccc3C(=O)N(C)[C@@H]2c2cn(C)c3ccccc23)cc1Cl. The highest BCUT2D eigenvalue weighted by molar-refractivity contribution is 6.32. The van der Waals surface area contributed by atoms with E-state index in [1.807, 2.05) is 60.3 Å². The number of para-hydroxylation sites is 1. The summed E-state index contributed by atoms with van der Waals surface area (Å²) in [5, 5.41) is 4.43. The molecule has 5 rings (SSSR count). The normalized spacial score (nSPS) is 17.5. The fourth-order valence-electron chi connectivity index (χ4n) is 4.92. The Morgan fingerprint density at radius 1 is 1.00 bits per heavy atom. The first-order valence-electron chi connectivity index (χ1n) is 10.9. The number of aryl methyl sites for hydroxylation is 1. The van der Waals surface area contributed by atoms with E-state index in [0.717, 1.165) is 16.5 Å². The van der Waals surface area contributed by atoms with Crippen LogP contribution in [0.2, 0.25) is 5.02 Å². The zero-order chi connectivity index (χ0) is 24.0. The van der Waals surface area contributed by atoms with E-state index in [1.165, 1.54) is 0 Å². The zero-order valence-electron chi connectivity index (χ0n) is 19.1. The van der Waals surface area contributed by atoms with Gasteiger partial charge >= 0.3 is 0 Å². The van der Waals surface area contributed by atoms with Gasteiger partial charge in [-0.15, -0.1) is 0 Å². The Labute approximate surface area is 202 Å². The number of aromatic nitrogens is 1. The number of fused-ring (bicyclic) bond motifs is 2. The van der Waals surface area contributed by atoms with Gasteiger partial charge in [-0.05, 0) is 35.9 Å². The van der Waals surface area contributed by atoms with E-state index in [0.29, 0.717) is 27.6 Å². The molecule has 0 fully saturated rings. The van der Waals surface area contributed by atoms with Crippen molar-refractivity contribution in [1.82, 2.24) is 9.47 Å². The number of carbonyl (C=O) groups is 2. The van der Waals surface area contributed by atoms with Gasteiger partial charge < -0.3 is 19.5 Å². The predicted molar refractivity (Wildman–Crippen MR) is 134 cm³/mol. The van der Waals surface area contributed by atoms with Gasteiger partial charge in [0.2, 0.25) is 5.91 Å². The van der Waals surface area contributed by atoms with Crippen LogP contribution < -0.4 is 10.1 Å². The molecule has 0 unspecified atom stereocenters. The number of amides is 2. The number of likely N-dealkylation sites (N-methyl/N-ethyl adjacent to an activating group) is 1. The average molecular weight is 474 g/mol. The Hall–Kier alpha value is -3.77. The molecule has 0 bridgehead atoms. The standard InChI is InChI=1S/C27H24ClN3O3/c1-30-15-20(17-8-6-7-11-22(17)30)25-24(18-9-4-5-10-19(18)27(33)31(25)2)26(32)29-16-12-13-23(34-3)21(28)14-16/h4-15,24-25H,1-3H3,(H,29,32)/t24-,25-/m1/s1. The number of benzene rings is 3. The molecule has 2 atom stereocenters. The second-order valence-electron chi connectivity index (χ2n) is 8.48. The minimum atomic E-state index is -0.620. The van der Waals surface area contributed by atoms with Crippen LogP contribution in [-0.4, -0.2) is 35.4 Å². The molecule has 34 heavy (non-hydrogen) atoms. The molecule has 0 spiro atoms. The molecule has 1 N–H and O–H groups in total. The molecule has 1 aliphatic heterocycles. The van der Waals surface area contributed by atoms with Crippen LogP contribution in [0.25, 0.3) is 10.9 Å². The minimum Gasteiger partial charge on any atom is -0.495 e. The Balaban J connectivity index is 1.64. The molecule has 4 aromatic rings. The molecule has 3 aromatic carbocycles. The van der Waals surface area contributed by atoms with Crippen LogP contribution in [-0.2, 0) is 11.8 Å². The first-order chi connectivity index (χ1) is 16.4. The summed E-state index contributed by atoms with van der Waals surface area (Å²) in [7, 11) is 5.27. The van der Waals surface area contributed by atoms with Crippen LogP contribution in [0.3, 0.4) is 0 Å². The fourth-order valence-corrected chi connectivity index (χ4v) is 5.18. The lowest BCUT2D eigenvalue weighted by atomic mass is 9.79. The molecular weight excluding hydrogens is 450 g/mol. The number of ether oxygens (including phenoxy) is 1. The van der Waals surface area contributed by atoms with Crippen molar-refractivity contribution in [2.75, 3.05) is 19.5 Å². The maximum absolute atomic E-state index is 13.8. The molecule has 1 aromatic heterocycles. The third kappa shape index (κ3) is 3.51. The molecule has 0 saturated carbocycles. The number of nitrogens with zero attached hydrogens (tertiary/aromatic N) is 2.